The Morgan fingerprint density at radius 3 is 2.85 bits per heavy atom. The molecule has 6 nitrogen and oxygen atoms in total. The quantitative estimate of drug-likeness (QED) is 0.776. The van der Waals surface area contributed by atoms with Crippen molar-refractivity contribution in [2.45, 2.75) is 19.4 Å². The van der Waals surface area contributed by atoms with Gasteiger partial charge < -0.3 is 15.4 Å². The number of carboxylic acid groups (broad SMARTS) is 1. The molecular weight excluding hydrogens is 258 g/mol. The first kappa shape index (κ1) is 13.6. The fourth-order valence-corrected chi connectivity index (χ4v) is 2.18. The average molecular weight is 271 g/mol. The Kier molecular flexibility index (Phi) is 3.71. The molecule has 0 bridgehead atoms. The molecule has 1 amide bonds. The summed E-state index contributed by atoms with van der Waals surface area (Å²) in [5.41, 5.74) is 1.94. The van der Waals surface area contributed by atoms with Crippen LogP contribution >= 0.6 is 0 Å². The van der Waals surface area contributed by atoms with E-state index in [2.05, 4.69) is 16.4 Å². The minimum atomic E-state index is -1.11. The summed E-state index contributed by atoms with van der Waals surface area (Å²) in [6.45, 7) is 1.27. The van der Waals surface area contributed by atoms with Crippen LogP contribution in [0.15, 0.2) is 24.4 Å². The fraction of sp³-hybridized carbons (Fsp3) is 0.214. The van der Waals surface area contributed by atoms with E-state index in [4.69, 9.17) is 10.4 Å². The standard InChI is InChI=1S/C14H13N3O3/c1-8(18)17-12(14(19)20)5-10-7-16-11-4-2-3-9(6-15)13(10)11/h2-4,7,12,16H,5H2,1H3,(H,17,18)(H,19,20)/t12-/m0/s1. The lowest BCUT2D eigenvalue weighted by atomic mass is 10.0. The van der Waals surface area contributed by atoms with Crippen molar-refractivity contribution in [3.8, 4) is 6.07 Å². The number of aliphatic carboxylic acids is 1. The van der Waals surface area contributed by atoms with Crippen molar-refractivity contribution in [1.82, 2.24) is 10.3 Å². The molecule has 0 fully saturated rings. The molecule has 6 heteroatoms. The van der Waals surface area contributed by atoms with Crippen molar-refractivity contribution in [2.75, 3.05) is 0 Å². The first-order chi connectivity index (χ1) is 9.52. The first-order valence-corrected chi connectivity index (χ1v) is 6.02. The van der Waals surface area contributed by atoms with E-state index in [0.29, 0.717) is 16.5 Å². The number of H-pyrrole nitrogens is 1. The Hall–Kier alpha value is -2.81. The Balaban J connectivity index is 2.40. The van der Waals surface area contributed by atoms with Crippen LogP contribution in [0.25, 0.3) is 10.9 Å². The summed E-state index contributed by atoms with van der Waals surface area (Å²) in [5.74, 6) is -1.51. The van der Waals surface area contributed by atoms with E-state index in [-0.39, 0.29) is 6.42 Å². The van der Waals surface area contributed by atoms with E-state index in [1.165, 1.54) is 6.92 Å². The van der Waals surface area contributed by atoms with Gasteiger partial charge in [0, 0.05) is 30.4 Å². The number of rotatable bonds is 4. The number of nitrogens with zero attached hydrogens (tertiary/aromatic N) is 1. The number of benzene rings is 1. The predicted molar refractivity (Wildman–Crippen MR) is 72.0 cm³/mol. The van der Waals surface area contributed by atoms with Gasteiger partial charge in [0.1, 0.15) is 6.04 Å². The monoisotopic (exact) mass is 271 g/mol. The molecule has 1 atom stereocenters. The van der Waals surface area contributed by atoms with Crippen molar-refractivity contribution >= 4 is 22.8 Å². The maximum atomic E-state index is 11.2. The zero-order valence-electron chi connectivity index (χ0n) is 10.8. The zero-order chi connectivity index (χ0) is 14.7. The summed E-state index contributed by atoms with van der Waals surface area (Å²) >= 11 is 0. The Labute approximate surface area is 115 Å². The van der Waals surface area contributed by atoms with Crippen LogP contribution < -0.4 is 5.32 Å². The van der Waals surface area contributed by atoms with Gasteiger partial charge in [0.25, 0.3) is 0 Å². The van der Waals surface area contributed by atoms with Crippen LogP contribution in [0.1, 0.15) is 18.1 Å². The van der Waals surface area contributed by atoms with Crippen LogP contribution in [-0.2, 0) is 16.0 Å². The molecule has 0 aliphatic heterocycles. The van der Waals surface area contributed by atoms with Crippen LogP contribution in [0.4, 0.5) is 0 Å². The third-order valence-corrected chi connectivity index (χ3v) is 3.01. The number of hydrogen-bond donors (Lipinski definition) is 3. The molecule has 3 N–H and O–H groups in total. The fourth-order valence-electron chi connectivity index (χ4n) is 2.18. The third kappa shape index (κ3) is 2.62. The van der Waals surface area contributed by atoms with Crippen LogP contribution in [0.3, 0.4) is 0 Å². The predicted octanol–water partition coefficient (Wildman–Crippen LogP) is 1.17. The van der Waals surface area contributed by atoms with Gasteiger partial charge in [-0.05, 0) is 17.7 Å². The third-order valence-electron chi connectivity index (χ3n) is 3.01. The molecule has 20 heavy (non-hydrogen) atoms. The lowest BCUT2D eigenvalue weighted by Gasteiger charge is -2.12. The number of aromatic nitrogens is 1. The summed E-state index contributed by atoms with van der Waals surface area (Å²) in [6, 6.07) is 6.31. The van der Waals surface area contributed by atoms with Gasteiger partial charge in [-0.15, -0.1) is 0 Å². The highest BCUT2D eigenvalue weighted by molar-refractivity contribution is 5.90. The molecule has 0 unspecified atom stereocenters. The van der Waals surface area contributed by atoms with Gasteiger partial charge in [-0.25, -0.2) is 4.79 Å². The average Bonchev–Trinajstić information content (AvgIpc) is 2.80. The van der Waals surface area contributed by atoms with Crippen molar-refractivity contribution in [1.29, 1.82) is 5.26 Å². The number of amides is 1. The van der Waals surface area contributed by atoms with Crippen molar-refractivity contribution in [3.63, 3.8) is 0 Å². The molecule has 1 aromatic carbocycles. The Morgan fingerprint density at radius 2 is 2.25 bits per heavy atom. The molecule has 0 saturated heterocycles. The summed E-state index contributed by atoms with van der Waals surface area (Å²) in [6.07, 6.45) is 1.79. The first-order valence-electron chi connectivity index (χ1n) is 6.02. The zero-order valence-corrected chi connectivity index (χ0v) is 10.8. The summed E-state index contributed by atoms with van der Waals surface area (Å²) in [4.78, 5) is 25.2. The number of nitrogens with one attached hydrogen (secondary N) is 2. The van der Waals surface area contributed by atoms with Gasteiger partial charge in [0.05, 0.1) is 11.6 Å². The van der Waals surface area contributed by atoms with E-state index >= 15 is 0 Å². The van der Waals surface area contributed by atoms with E-state index in [9.17, 15) is 9.59 Å². The van der Waals surface area contributed by atoms with E-state index in [1.54, 1.807) is 18.3 Å². The van der Waals surface area contributed by atoms with Gasteiger partial charge in [-0.1, -0.05) is 6.07 Å². The number of carbonyl (C=O) groups excluding carboxylic acids is 1. The highest BCUT2D eigenvalue weighted by Crippen LogP contribution is 2.23. The maximum absolute atomic E-state index is 11.2. The van der Waals surface area contributed by atoms with Crippen LogP contribution in [0, 0.1) is 11.3 Å². The SMILES string of the molecule is CC(=O)N[C@@H](Cc1c[nH]c2cccc(C#N)c12)C(=O)O. The number of aromatic amines is 1. The van der Waals surface area contributed by atoms with Gasteiger partial charge in [0.15, 0.2) is 0 Å². The molecular formula is C14H13N3O3. The number of carbonyl (C=O) groups is 2. The Bertz CT molecular complexity index is 712. The lowest BCUT2D eigenvalue weighted by Crippen LogP contribution is -2.41. The van der Waals surface area contributed by atoms with Crippen LogP contribution in [0.5, 0.6) is 0 Å². The van der Waals surface area contributed by atoms with Gasteiger partial charge in [0.2, 0.25) is 5.91 Å². The number of hydrogen-bond acceptors (Lipinski definition) is 3. The molecule has 0 aliphatic carbocycles. The number of nitriles is 1. The van der Waals surface area contributed by atoms with Gasteiger partial charge in [-0.2, -0.15) is 5.26 Å². The van der Waals surface area contributed by atoms with Crippen molar-refractivity contribution in [2.24, 2.45) is 0 Å². The second kappa shape index (κ2) is 5.45. The molecule has 102 valence electrons. The minimum absolute atomic E-state index is 0.119. The normalized spacial score (nSPS) is 11.8. The number of fused-ring (bicyclic) bond motifs is 1. The molecule has 1 aromatic heterocycles. The summed E-state index contributed by atoms with van der Waals surface area (Å²) in [5, 5.41) is 21.3. The number of carboxylic acids is 1. The summed E-state index contributed by atoms with van der Waals surface area (Å²) < 4.78 is 0. The topological polar surface area (TPSA) is 106 Å². The molecule has 2 rings (SSSR count). The van der Waals surface area contributed by atoms with Crippen molar-refractivity contribution < 1.29 is 14.7 Å². The molecule has 2 aromatic rings. The smallest absolute Gasteiger partial charge is 0.326 e. The maximum Gasteiger partial charge on any atom is 0.326 e. The highest BCUT2D eigenvalue weighted by Gasteiger charge is 2.21. The molecule has 1 heterocycles. The molecule has 0 radical (unpaired) electrons. The Morgan fingerprint density at radius 1 is 1.50 bits per heavy atom. The lowest BCUT2D eigenvalue weighted by molar-refractivity contribution is -0.141. The van der Waals surface area contributed by atoms with Crippen LogP contribution in [0.2, 0.25) is 0 Å². The van der Waals surface area contributed by atoms with Gasteiger partial charge in [-0.3, -0.25) is 4.79 Å². The largest absolute Gasteiger partial charge is 0.480 e. The van der Waals surface area contributed by atoms with E-state index in [0.717, 1.165) is 5.52 Å². The second-order valence-electron chi connectivity index (χ2n) is 4.45. The van der Waals surface area contributed by atoms with Crippen LogP contribution in [-0.4, -0.2) is 28.0 Å². The second-order valence-corrected chi connectivity index (χ2v) is 4.45. The molecule has 0 aliphatic rings. The summed E-state index contributed by atoms with van der Waals surface area (Å²) in [7, 11) is 0. The minimum Gasteiger partial charge on any atom is -0.480 e. The molecule has 0 saturated carbocycles. The van der Waals surface area contributed by atoms with E-state index < -0.39 is 17.9 Å². The van der Waals surface area contributed by atoms with Gasteiger partial charge >= 0.3 is 5.97 Å². The van der Waals surface area contributed by atoms with E-state index in [1.807, 2.05) is 6.07 Å². The van der Waals surface area contributed by atoms with Crippen molar-refractivity contribution in [3.05, 3.63) is 35.5 Å². The molecule has 0 spiro atoms. The highest BCUT2D eigenvalue weighted by atomic mass is 16.4.